The molecule has 184 valence electrons. The quantitative estimate of drug-likeness (QED) is 0.289. The molecule has 0 aliphatic rings. The molecule has 0 saturated heterocycles. The van der Waals surface area contributed by atoms with Gasteiger partial charge in [0.25, 0.3) is 0 Å². The van der Waals surface area contributed by atoms with Gasteiger partial charge in [-0.2, -0.15) is 0 Å². The van der Waals surface area contributed by atoms with Crippen molar-refractivity contribution in [3.05, 3.63) is 101 Å². The summed E-state index contributed by atoms with van der Waals surface area (Å²) in [6.07, 6.45) is 1.60. The van der Waals surface area contributed by atoms with Crippen molar-refractivity contribution < 1.29 is 9.59 Å². The van der Waals surface area contributed by atoms with Gasteiger partial charge in [-0.05, 0) is 48.7 Å². The highest BCUT2D eigenvalue weighted by atomic mass is 35.5. The molecule has 0 fully saturated rings. The average molecular weight is 509 g/mol. The summed E-state index contributed by atoms with van der Waals surface area (Å²) in [7, 11) is 0. The van der Waals surface area contributed by atoms with Crippen molar-refractivity contribution in [1.82, 2.24) is 10.2 Å². The molecule has 1 N–H and O–H groups in total. The molecule has 4 nitrogen and oxygen atoms in total. The van der Waals surface area contributed by atoms with Gasteiger partial charge < -0.3 is 10.2 Å². The third-order valence-corrected chi connectivity index (χ3v) is 7.09. The van der Waals surface area contributed by atoms with Crippen molar-refractivity contribution in [2.45, 2.75) is 56.6 Å². The molecule has 0 bridgehead atoms. The molecule has 3 aromatic rings. The Balaban J connectivity index is 1.86. The van der Waals surface area contributed by atoms with Crippen LogP contribution in [0.5, 0.6) is 0 Å². The van der Waals surface area contributed by atoms with Crippen molar-refractivity contribution >= 4 is 35.2 Å². The van der Waals surface area contributed by atoms with Gasteiger partial charge in [0, 0.05) is 41.1 Å². The van der Waals surface area contributed by atoms with E-state index < -0.39 is 6.04 Å². The van der Waals surface area contributed by atoms with Crippen LogP contribution in [0.15, 0.2) is 89.8 Å². The Morgan fingerprint density at radius 1 is 0.943 bits per heavy atom. The van der Waals surface area contributed by atoms with Crippen molar-refractivity contribution in [2.75, 3.05) is 5.75 Å². The Morgan fingerprint density at radius 2 is 1.60 bits per heavy atom. The van der Waals surface area contributed by atoms with Crippen LogP contribution in [0.25, 0.3) is 0 Å². The van der Waals surface area contributed by atoms with E-state index in [9.17, 15) is 9.59 Å². The van der Waals surface area contributed by atoms with Crippen LogP contribution in [-0.4, -0.2) is 34.6 Å². The van der Waals surface area contributed by atoms with Crippen LogP contribution in [0.3, 0.4) is 0 Å². The second-order valence-electron chi connectivity index (χ2n) is 8.59. The number of halogens is 1. The van der Waals surface area contributed by atoms with Crippen molar-refractivity contribution in [3.63, 3.8) is 0 Å². The minimum Gasteiger partial charge on any atom is -0.352 e. The van der Waals surface area contributed by atoms with E-state index in [0.29, 0.717) is 30.2 Å². The van der Waals surface area contributed by atoms with Crippen LogP contribution >= 0.6 is 23.4 Å². The number of nitrogens with zero attached hydrogens (tertiary/aromatic N) is 1. The van der Waals surface area contributed by atoms with E-state index in [1.807, 2.05) is 98.8 Å². The molecule has 0 spiro atoms. The smallest absolute Gasteiger partial charge is 0.243 e. The summed E-state index contributed by atoms with van der Waals surface area (Å²) >= 11 is 7.88. The van der Waals surface area contributed by atoms with E-state index in [1.165, 1.54) is 0 Å². The summed E-state index contributed by atoms with van der Waals surface area (Å²) in [6.45, 7) is 4.34. The van der Waals surface area contributed by atoms with Gasteiger partial charge in [0.15, 0.2) is 0 Å². The van der Waals surface area contributed by atoms with Crippen molar-refractivity contribution in [2.24, 2.45) is 0 Å². The van der Waals surface area contributed by atoms with Crippen LogP contribution < -0.4 is 5.32 Å². The molecule has 3 rings (SSSR count). The SMILES string of the molecule is CC[C@H](C)NC(=O)[C@H](Cc1ccccc1)N(Cc1cccc(Cl)c1)C(=O)CCSc1ccccc1. The Bertz CT molecular complexity index is 1080. The van der Waals surface area contributed by atoms with Gasteiger partial charge in [-0.25, -0.2) is 0 Å². The lowest BCUT2D eigenvalue weighted by atomic mass is 10.0. The van der Waals surface area contributed by atoms with Crippen LogP contribution in [0, 0.1) is 0 Å². The van der Waals surface area contributed by atoms with Crippen LogP contribution in [0.4, 0.5) is 0 Å². The van der Waals surface area contributed by atoms with Gasteiger partial charge in [-0.3, -0.25) is 9.59 Å². The van der Waals surface area contributed by atoms with Gasteiger partial charge in [0.1, 0.15) is 6.04 Å². The molecular formula is C29H33ClN2O2S. The zero-order chi connectivity index (χ0) is 25.0. The van der Waals surface area contributed by atoms with Crippen molar-refractivity contribution in [3.8, 4) is 0 Å². The topological polar surface area (TPSA) is 49.4 Å². The molecule has 0 radical (unpaired) electrons. The number of hydrogen-bond donors (Lipinski definition) is 1. The number of rotatable bonds is 12. The first-order chi connectivity index (χ1) is 17.0. The number of carbonyl (C=O) groups is 2. The minimum atomic E-state index is -0.625. The molecule has 0 aliphatic carbocycles. The maximum Gasteiger partial charge on any atom is 0.243 e. The van der Waals surface area contributed by atoms with Gasteiger partial charge >= 0.3 is 0 Å². The second kappa shape index (κ2) is 14.0. The molecule has 0 aliphatic heterocycles. The van der Waals surface area contributed by atoms with E-state index in [-0.39, 0.29) is 17.9 Å². The summed E-state index contributed by atoms with van der Waals surface area (Å²) in [6, 6.07) is 26.8. The second-order valence-corrected chi connectivity index (χ2v) is 10.2. The van der Waals surface area contributed by atoms with Crippen LogP contribution in [0.2, 0.25) is 5.02 Å². The summed E-state index contributed by atoms with van der Waals surface area (Å²) < 4.78 is 0. The highest BCUT2D eigenvalue weighted by Crippen LogP contribution is 2.21. The number of hydrogen-bond acceptors (Lipinski definition) is 3. The molecule has 35 heavy (non-hydrogen) atoms. The fourth-order valence-corrected chi connectivity index (χ4v) is 4.82. The molecule has 3 aromatic carbocycles. The number of nitrogens with one attached hydrogen (secondary N) is 1. The molecule has 2 amide bonds. The fraction of sp³-hybridized carbons (Fsp3) is 0.310. The predicted molar refractivity (Wildman–Crippen MR) is 146 cm³/mol. The predicted octanol–water partition coefficient (Wildman–Crippen LogP) is 6.38. The summed E-state index contributed by atoms with van der Waals surface area (Å²) in [4.78, 5) is 29.9. The van der Waals surface area contributed by atoms with E-state index in [0.717, 1.165) is 22.4 Å². The van der Waals surface area contributed by atoms with E-state index in [4.69, 9.17) is 11.6 Å². The molecular weight excluding hydrogens is 476 g/mol. The normalized spacial score (nSPS) is 12.5. The molecule has 0 unspecified atom stereocenters. The highest BCUT2D eigenvalue weighted by Gasteiger charge is 2.30. The fourth-order valence-electron chi connectivity index (χ4n) is 3.74. The zero-order valence-electron chi connectivity index (χ0n) is 20.3. The lowest BCUT2D eigenvalue weighted by Gasteiger charge is -2.32. The van der Waals surface area contributed by atoms with Gasteiger partial charge in [-0.1, -0.05) is 79.2 Å². The minimum absolute atomic E-state index is 0.0255. The Hall–Kier alpha value is -2.76. The Labute approximate surface area is 218 Å². The molecule has 6 heteroatoms. The van der Waals surface area contributed by atoms with Gasteiger partial charge in [-0.15, -0.1) is 11.8 Å². The first-order valence-electron chi connectivity index (χ1n) is 12.0. The molecule has 2 atom stereocenters. The van der Waals surface area contributed by atoms with E-state index in [2.05, 4.69) is 5.32 Å². The Kier molecular flexibility index (Phi) is 10.7. The maximum absolute atomic E-state index is 13.6. The largest absolute Gasteiger partial charge is 0.352 e. The third kappa shape index (κ3) is 8.75. The number of amides is 2. The first-order valence-corrected chi connectivity index (χ1v) is 13.4. The summed E-state index contributed by atoms with van der Waals surface area (Å²) in [5.41, 5.74) is 1.91. The van der Waals surface area contributed by atoms with E-state index in [1.54, 1.807) is 16.7 Å². The molecule has 0 heterocycles. The Morgan fingerprint density at radius 3 is 2.26 bits per heavy atom. The monoisotopic (exact) mass is 508 g/mol. The zero-order valence-corrected chi connectivity index (χ0v) is 21.9. The number of benzene rings is 3. The lowest BCUT2D eigenvalue weighted by Crippen LogP contribution is -2.52. The lowest BCUT2D eigenvalue weighted by molar-refractivity contribution is -0.141. The van der Waals surface area contributed by atoms with Crippen LogP contribution in [0.1, 0.15) is 37.8 Å². The van der Waals surface area contributed by atoms with Crippen LogP contribution in [-0.2, 0) is 22.6 Å². The number of thioether (sulfide) groups is 1. The standard InChI is InChI=1S/C29H33ClN2O2S/c1-3-22(2)31-29(34)27(20-23-11-6-4-7-12-23)32(21-24-13-10-14-25(30)19-24)28(33)17-18-35-26-15-8-5-9-16-26/h4-16,19,22,27H,3,17-18,20-21H2,1-2H3,(H,31,34)/t22-,27-/m0/s1. The maximum atomic E-state index is 13.6. The van der Waals surface area contributed by atoms with Crippen molar-refractivity contribution in [1.29, 1.82) is 0 Å². The number of carbonyl (C=O) groups excluding carboxylic acids is 2. The molecule has 0 saturated carbocycles. The average Bonchev–Trinajstić information content (AvgIpc) is 2.87. The molecule has 0 aromatic heterocycles. The summed E-state index contributed by atoms with van der Waals surface area (Å²) in [5.74, 6) is 0.461. The highest BCUT2D eigenvalue weighted by molar-refractivity contribution is 7.99. The third-order valence-electron chi connectivity index (χ3n) is 5.84. The van der Waals surface area contributed by atoms with Gasteiger partial charge in [0.2, 0.25) is 11.8 Å². The van der Waals surface area contributed by atoms with Gasteiger partial charge in [0.05, 0.1) is 0 Å². The first kappa shape index (κ1) is 26.8. The van der Waals surface area contributed by atoms with E-state index >= 15 is 0 Å². The summed E-state index contributed by atoms with van der Waals surface area (Å²) in [5, 5.41) is 3.71.